The molecule has 3 rings (SSSR count). The Morgan fingerprint density at radius 3 is 2.15 bits per heavy atom. The summed E-state index contributed by atoms with van der Waals surface area (Å²) in [6.07, 6.45) is 3.42. The molecule has 33 heavy (non-hydrogen) atoms. The molecule has 1 fully saturated rings. The van der Waals surface area contributed by atoms with Crippen molar-refractivity contribution in [2.75, 3.05) is 0 Å². The molecule has 0 unspecified atom stereocenters. The molecule has 0 spiro atoms. The summed E-state index contributed by atoms with van der Waals surface area (Å²) in [6, 6.07) is 16.2. The number of esters is 1. The Kier molecular flexibility index (Phi) is 8.62. The van der Waals surface area contributed by atoms with E-state index in [4.69, 9.17) is 9.47 Å². The molecule has 0 aromatic heterocycles. The fourth-order valence-electron chi connectivity index (χ4n) is 5.24. The molecule has 0 radical (unpaired) electrons. The number of benzene rings is 2. The van der Waals surface area contributed by atoms with Crippen LogP contribution in [-0.2, 0) is 4.74 Å². The first-order chi connectivity index (χ1) is 15.7. The molecule has 0 heterocycles. The van der Waals surface area contributed by atoms with Crippen molar-refractivity contribution in [1.29, 1.82) is 0 Å². The smallest absolute Gasteiger partial charge is 0.342 e. The normalized spacial score (nSPS) is 21.1. The van der Waals surface area contributed by atoms with Gasteiger partial charge >= 0.3 is 5.97 Å². The van der Waals surface area contributed by atoms with Crippen LogP contribution in [-0.4, -0.2) is 18.2 Å². The van der Waals surface area contributed by atoms with E-state index in [9.17, 15) is 4.79 Å². The molecule has 1 saturated carbocycles. The molecule has 0 N–H and O–H groups in total. The number of rotatable bonds is 8. The summed E-state index contributed by atoms with van der Waals surface area (Å²) >= 11 is 0. The van der Waals surface area contributed by atoms with E-state index in [-0.39, 0.29) is 30.0 Å². The summed E-state index contributed by atoms with van der Waals surface area (Å²) < 4.78 is 12.7. The standard InChI is InChI=1S/C30H42O3/c1-19(2)25-15-13-22(7)17-27(25)32-28-18-24(23-11-9-8-10-12-23)14-16-26(28)30(31)33-29(20(3)4)21(5)6/h8-12,14,16,18-22,25,27,29H,13,15,17H2,1-7H3/t22-,25+,27-/m1/s1. The number of hydrogen-bond acceptors (Lipinski definition) is 3. The van der Waals surface area contributed by atoms with Crippen molar-refractivity contribution >= 4 is 5.97 Å². The molecule has 0 amide bonds. The van der Waals surface area contributed by atoms with Gasteiger partial charge in [0.1, 0.15) is 23.5 Å². The van der Waals surface area contributed by atoms with Crippen molar-refractivity contribution < 1.29 is 14.3 Å². The highest BCUT2D eigenvalue weighted by molar-refractivity contribution is 5.93. The van der Waals surface area contributed by atoms with Crippen LogP contribution in [0.4, 0.5) is 0 Å². The van der Waals surface area contributed by atoms with E-state index in [0.29, 0.717) is 29.1 Å². The van der Waals surface area contributed by atoms with Crippen LogP contribution in [0.5, 0.6) is 5.75 Å². The van der Waals surface area contributed by atoms with Crippen LogP contribution in [0.3, 0.4) is 0 Å². The molecular weight excluding hydrogens is 408 g/mol. The zero-order chi connectivity index (χ0) is 24.1. The van der Waals surface area contributed by atoms with Gasteiger partial charge in [0.05, 0.1) is 0 Å². The van der Waals surface area contributed by atoms with Crippen LogP contribution in [0, 0.1) is 29.6 Å². The number of carbonyl (C=O) groups is 1. The second-order valence-corrected chi connectivity index (χ2v) is 10.9. The second-order valence-electron chi connectivity index (χ2n) is 10.9. The Labute approximate surface area is 200 Å². The first-order valence-electron chi connectivity index (χ1n) is 12.7. The molecule has 3 nitrogen and oxygen atoms in total. The SMILES string of the molecule is CC(C)C(OC(=O)c1ccc(-c2ccccc2)cc1O[C@@H]1C[C@H](C)CC[C@H]1C(C)C)C(C)C. The molecule has 2 aromatic rings. The fraction of sp³-hybridized carbons (Fsp3) is 0.567. The van der Waals surface area contributed by atoms with Crippen molar-refractivity contribution in [3.63, 3.8) is 0 Å². The third kappa shape index (κ3) is 6.40. The predicted molar refractivity (Wildman–Crippen MR) is 137 cm³/mol. The van der Waals surface area contributed by atoms with Gasteiger partial charge in [-0.25, -0.2) is 4.79 Å². The molecule has 1 aliphatic carbocycles. The van der Waals surface area contributed by atoms with E-state index in [1.54, 1.807) is 0 Å². The van der Waals surface area contributed by atoms with Crippen LogP contribution in [0.25, 0.3) is 11.1 Å². The van der Waals surface area contributed by atoms with Crippen molar-refractivity contribution in [3.8, 4) is 16.9 Å². The lowest BCUT2D eigenvalue weighted by molar-refractivity contribution is 0.00181. The fourth-order valence-corrected chi connectivity index (χ4v) is 5.24. The molecule has 180 valence electrons. The van der Waals surface area contributed by atoms with Crippen molar-refractivity contribution in [1.82, 2.24) is 0 Å². The van der Waals surface area contributed by atoms with Crippen LogP contribution in [0.1, 0.15) is 78.1 Å². The highest BCUT2D eigenvalue weighted by Gasteiger charge is 2.33. The minimum Gasteiger partial charge on any atom is -0.489 e. The van der Waals surface area contributed by atoms with Gasteiger partial charge in [-0.15, -0.1) is 0 Å². The molecule has 3 heteroatoms. The Morgan fingerprint density at radius 2 is 1.55 bits per heavy atom. The Bertz CT molecular complexity index is 892. The number of ether oxygens (including phenoxy) is 2. The molecule has 0 saturated heterocycles. The van der Waals surface area contributed by atoms with Crippen LogP contribution in [0.15, 0.2) is 48.5 Å². The average Bonchev–Trinajstić information content (AvgIpc) is 2.77. The summed E-state index contributed by atoms with van der Waals surface area (Å²) in [4.78, 5) is 13.4. The highest BCUT2D eigenvalue weighted by atomic mass is 16.5. The summed E-state index contributed by atoms with van der Waals surface area (Å²) in [5.74, 6) is 2.53. The molecule has 0 aliphatic heterocycles. The van der Waals surface area contributed by atoms with Crippen molar-refractivity contribution in [3.05, 3.63) is 54.1 Å². The number of carbonyl (C=O) groups excluding carboxylic acids is 1. The molecule has 0 bridgehead atoms. The van der Waals surface area contributed by atoms with Gasteiger partial charge in [0.15, 0.2) is 0 Å². The van der Waals surface area contributed by atoms with Gasteiger partial charge < -0.3 is 9.47 Å². The molecule has 3 atom stereocenters. The van der Waals surface area contributed by atoms with Gasteiger partial charge in [-0.2, -0.15) is 0 Å². The van der Waals surface area contributed by atoms with Gasteiger partial charge in [-0.1, -0.05) is 91.3 Å². The zero-order valence-electron chi connectivity index (χ0n) is 21.5. The van der Waals surface area contributed by atoms with Gasteiger partial charge in [0.25, 0.3) is 0 Å². The Balaban J connectivity index is 1.97. The Morgan fingerprint density at radius 1 is 0.879 bits per heavy atom. The van der Waals surface area contributed by atoms with E-state index < -0.39 is 0 Å². The topological polar surface area (TPSA) is 35.5 Å². The lowest BCUT2D eigenvalue weighted by atomic mass is 9.75. The van der Waals surface area contributed by atoms with Crippen LogP contribution >= 0.6 is 0 Å². The summed E-state index contributed by atoms with van der Waals surface area (Å²) in [7, 11) is 0. The lowest BCUT2D eigenvalue weighted by Crippen LogP contribution is -2.37. The maximum Gasteiger partial charge on any atom is 0.342 e. The summed E-state index contributed by atoms with van der Waals surface area (Å²) in [5, 5.41) is 0. The average molecular weight is 451 g/mol. The molecule has 2 aromatic carbocycles. The Hall–Kier alpha value is -2.29. The largest absolute Gasteiger partial charge is 0.489 e. The van der Waals surface area contributed by atoms with Gasteiger partial charge in [-0.3, -0.25) is 0 Å². The van der Waals surface area contributed by atoms with E-state index in [1.807, 2.05) is 36.4 Å². The lowest BCUT2D eigenvalue weighted by Gasteiger charge is -2.37. The second kappa shape index (κ2) is 11.2. The van der Waals surface area contributed by atoms with E-state index in [1.165, 1.54) is 12.8 Å². The third-order valence-electron chi connectivity index (χ3n) is 7.11. The predicted octanol–water partition coefficient (Wildman–Crippen LogP) is 8.03. The quantitative estimate of drug-likeness (QED) is 0.382. The highest BCUT2D eigenvalue weighted by Crippen LogP contribution is 2.38. The minimum atomic E-state index is -0.290. The van der Waals surface area contributed by atoms with Crippen LogP contribution in [0.2, 0.25) is 0 Å². The first kappa shape index (κ1) is 25.3. The molecule has 1 aliphatic rings. The van der Waals surface area contributed by atoms with Crippen molar-refractivity contribution in [2.45, 2.75) is 79.9 Å². The summed E-state index contributed by atoms with van der Waals surface area (Å²) in [6.45, 7) is 15.3. The summed E-state index contributed by atoms with van der Waals surface area (Å²) in [5.41, 5.74) is 2.69. The van der Waals surface area contributed by atoms with E-state index in [0.717, 1.165) is 17.5 Å². The first-order valence-corrected chi connectivity index (χ1v) is 12.7. The van der Waals surface area contributed by atoms with Gasteiger partial charge in [0.2, 0.25) is 0 Å². The van der Waals surface area contributed by atoms with Gasteiger partial charge in [0, 0.05) is 0 Å². The minimum absolute atomic E-state index is 0.109. The third-order valence-corrected chi connectivity index (χ3v) is 7.11. The number of hydrogen-bond donors (Lipinski definition) is 0. The van der Waals surface area contributed by atoms with Crippen LogP contribution < -0.4 is 4.74 Å². The maximum absolute atomic E-state index is 13.4. The zero-order valence-corrected chi connectivity index (χ0v) is 21.5. The van der Waals surface area contributed by atoms with E-state index >= 15 is 0 Å². The monoisotopic (exact) mass is 450 g/mol. The van der Waals surface area contributed by atoms with Crippen molar-refractivity contribution in [2.24, 2.45) is 29.6 Å². The van der Waals surface area contributed by atoms with Gasteiger partial charge in [-0.05, 0) is 65.7 Å². The maximum atomic E-state index is 13.4. The van der Waals surface area contributed by atoms with E-state index in [2.05, 4.69) is 60.6 Å². The molecular formula is C30H42O3.